The van der Waals surface area contributed by atoms with Crippen molar-refractivity contribution in [3.05, 3.63) is 11.1 Å². The number of cyclic esters (lactones) is 1. The molecule has 5 fully saturated rings. The number of epoxide rings is 3. The first-order chi connectivity index (χ1) is 12.9. The average Bonchev–Trinajstić information content (AvgIpc) is 3.54. The number of aliphatic hydroxyl groups is 1. The minimum Gasteiger partial charge on any atom is -0.458 e. The van der Waals surface area contributed by atoms with Crippen molar-refractivity contribution in [2.24, 2.45) is 17.3 Å². The van der Waals surface area contributed by atoms with E-state index in [4.69, 9.17) is 18.9 Å². The summed E-state index contributed by atoms with van der Waals surface area (Å²) in [5.74, 6) is 0.350. The first-order valence-electron chi connectivity index (χ1n) is 10.5. The number of hydrogen-bond acceptors (Lipinski definition) is 6. The molecule has 4 aliphatic heterocycles. The zero-order chi connectivity index (χ0) is 18.6. The molecule has 0 aromatic heterocycles. The number of fused-ring (bicyclic) bond motifs is 4. The maximum Gasteiger partial charge on any atom is 0.334 e. The molecule has 0 aromatic rings. The van der Waals surface area contributed by atoms with E-state index in [9.17, 15) is 9.90 Å². The monoisotopic (exact) mass is 374 g/mol. The summed E-state index contributed by atoms with van der Waals surface area (Å²) < 4.78 is 24.5. The van der Waals surface area contributed by atoms with Crippen LogP contribution in [-0.2, 0) is 23.7 Å². The van der Waals surface area contributed by atoms with Crippen LogP contribution in [0.2, 0.25) is 0 Å². The average molecular weight is 374 g/mol. The fourth-order valence-electron chi connectivity index (χ4n) is 7.91. The molecule has 1 N–H and O–H groups in total. The van der Waals surface area contributed by atoms with E-state index in [2.05, 4.69) is 20.8 Å². The summed E-state index contributed by atoms with van der Waals surface area (Å²) in [6, 6.07) is 0. The third-order valence-electron chi connectivity index (χ3n) is 9.58. The lowest BCUT2D eigenvalue weighted by molar-refractivity contribution is -0.136. The second-order valence-corrected chi connectivity index (χ2v) is 10.1. The molecule has 0 bridgehead atoms. The molecule has 0 amide bonds. The predicted octanol–water partition coefficient (Wildman–Crippen LogP) is 1.49. The summed E-state index contributed by atoms with van der Waals surface area (Å²) in [6.07, 6.45) is 2.69. The molecule has 2 spiro atoms. The highest BCUT2D eigenvalue weighted by molar-refractivity contribution is 5.92. The largest absolute Gasteiger partial charge is 0.458 e. The highest BCUT2D eigenvalue weighted by Gasteiger charge is 3.00. The fraction of sp³-hybridized carbons (Fsp3) is 0.857. The van der Waals surface area contributed by atoms with E-state index in [0.29, 0.717) is 6.61 Å². The Hall–Kier alpha value is -0.950. The van der Waals surface area contributed by atoms with Crippen molar-refractivity contribution in [3.8, 4) is 0 Å². The van der Waals surface area contributed by atoms with Gasteiger partial charge in [0.2, 0.25) is 0 Å². The third kappa shape index (κ3) is 1.30. The Bertz CT molecular complexity index is 837. The van der Waals surface area contributed by atoms with Gasteiger partial charge in [0, 0.05) is 11.0 Å². The van der Waals surface area contributed by atoms with Crippen molar-refractivity contribution in [1.82, 2.24) is 0 Å². The predicted molar refractivity (Wildman–Crippen MR) is 91.7 cm³/mol. The lowest BCUT2D eigenvalue weighted by Crippen LogP contribution is -2.69. The Morgan fingerprint density at radius 1 is 1.26 bits per heavy atom. The van der Waals surface area contributed by atoms with Gasteiger partial charge in [-0.1, -0.05) is 27.2 Å². The Labute approximate surface area is 158 Å². The Kier molecular flexibility index (Phi) is 2.45. The number of aliphatic hydroxyl groups excluding tert-OH is 1. The van der Waals surface area contributed by atoms with Crippen LogP contribution in [0, 0.1) is 17.3 Å². The molecule has 27 heavy (non-hydrogen) atoms. The van der Waals surface area contributed by atoms with Crippen LogP contribution in [0.4, 0.5) is 0 Å². The maximum absolute atomic E-state index is 12.1. The van der Waals surface area contributed by atoms with Gasteiger partial charge >= 0.3 is 5.97 Å². The molecular weight excluding hydrogens is 348 g/mol. The molecule has 3 saturated heterocycles. The first kappa shape index (κ1) is 15.9. The van der Waals surface area contributed by atoms with Crippen LogP contribution in [0.25, 0.3) is 0 Å². The van der Waals surface area contributed by atoms with Crippen molar-refractivity contribution in [2.45, 2.75) is 87.7 Å². The normalized spacial score (nSPS) is 62.2. The number of carbonyl (C=O) groups is 1. The van der Waals surface area contributed by atoms with Gasteiger partial charge in [0.1, 0.15) is 36.1 Å². The minimum absolute atomic E-state index is 0.00660. The van der Waals surface area contributed by atoms with E-state index >= 15 is 0 Å². The number of rotatable bonds is 2. The molecule has 6 heteroatoms. The Balaban J connectivity index is 1.36. The van der Waals surface area contributed by atoms with Gasteiger partial charge in [-0.2, -0.15) is 0 Å². The lowest BCUT2D eigenvalue weighted by atomic mass is 9.46. The molecule has 7 aliphatic rings. The number of carbonyl (C=O) groups excluding carboxylic acids is 1. The Morgan fingerprint density at radius 2 is 2.07 bits per heavy atom. The van der Waals surface area contributed by atoms with E-state index in [0.717, 1.165) is 36.8 Å². The van der Waals surface area contributed by atoms with Crippen LogP contribution >= 0.6 is 0 Å². The smallest absolute Gasteiger partial charge is 0.334 e. The Morgan fingerprint density at radius 3 is 2.85 bits per heavy atom. The van der Waals surface area contributed by atoms with Crippen LogP contribution in [0.1, 0.15) is 46.5 Å². The summed E-state index contributed by atoms with van der Waals surface area (Å²) in [5, 5.41) is 11.6. The van der Waals surface area contributed by atoms with E-state index in [-0.39, 0.29) is 41.5 Å². The molecule has 10 atom stereocenters. The van der Waals surface area contributed by atoms with Gasteiger partial charge < -0.3 is 24.1 Å². The lowest BCUT2D eigenvalue weighted by Gasteiger charge is -2.53. The summed E-state index contributed by atoms with van der Waals surface area (Å²) in [4.78, 5) is 12.1. The molecule has 0 radical (unpaired) electrons. The number of esters is 1. The highest BCUT2D eigenvalue weighted by atomic mass is 16.7. The van der Waals surface area contributed by atoms with E-state index in [1.54, 1.807) is 0 Å². The third-order valence-corrected chi connectivity index (χ3v) is 9.58. The summed E-state index contributed by atoms with van der Waals surface area (Å²) in [6.45, 7) is 7.01. The van der Waals surface area contributed by atoms with Crippen LogP contribution < -0.4 is 0 Å². The standard InChI is InChI=1S/C21H26O6/c1-4-9(2)19-14(26-19)15-21(27-15)18(3)6-5-10-11(8-24-16(10)22)12(18)7-13-20(21,25-13)17(19)23/h9,12-15,17,23H,4-8H2,1-3H3/t9?,12-,13-,14-,15-,17+,18-,19-,20+,21+/m0/s1. The van der Waals surface area contributed by atoms with E-state index in [1.807, 2.05) is 0 Å². The number of hydrogen-bond donors (Lipinski definition) is 1. The highest BCUT2D eigenvalue weighted by Crippen LogP contribution is 2.82. The summed E-state index contributed by atoms with van der Waals surface area (Å²) >= 11 is 0. The molecular formula is C21H26O6. The quantitative estimate of drug-likeness (QED) is 0.582. The van der Waals surface area contributed by atoms with E-state index in [1.165, 1.54) is 0 Å². The summed E-state index contributed by atoms with van der Waals surface area (Å²) in [7, 11) is 0. The second kappa shape index (κ2) is 4.16. The molecule has 1 unspecified atom stereocenters. The van der Waals surface area contributed by atoms with Gasteiger partial charge in [-0.05, 0) is 36.7 Å². The van der Waals surface area contributed by atoms with Gasteiger partial charge in [0.15, 0.2) is 5.60 Å². The van der Waals surface area contributed by atoms with Crippen molar-refractivity contribution in [1.29, 1.82) is 0 Å². The molecule has 7 rings (SSSR count). The minimum atomic E-state index is -0.650. The molecule has 146 valence electrons. The van der Waals surface area contributed by atoms with Gasteiger partial charge in [0.05, 0.1) is 6.10 Å². The van der Waals surface area contributed by atoms with Crippen molar-refractivity contribution < 1.29 is 28.8 Å². The van der Waals surface area contributed by atoms with Crippen molar-refractivity contribution >= 4 is 5.97 Å². The molecule has 4 heterocycles. The van der Waals surface area contributed by atoms with Crippen molar-refractivity contribution in [3.63, 3.8) is 0 Å². The first-order valence-corrected chi connectivity index (χ1v) is 10.5. The van der Waals surface area contributed by atoms with E-state index < -0.39 is 22.9 Å². The van der Waals surface area contributed by atoms with Crippen LogP contribution in [-0.4, -0.2) is 58.9 Å². The van der Waals surface area contributed by atoms with Crippen LogP contribution in [0.5, 0.6) is 0 Å². The van der Waals surface area contributed by atoms with Gasteiger partial charge in [-0.3, -0.25) is 0 Å². The fourth-order valence-corrected chi connectivity index (χ4v) is 7.91. The molecule has 6 nitrogen and oxygen atoms in total. The zero-order valence-corrected chi connectivity index (χ0v) is 16.0. The SMILES string of the molecule is CCC(C)[C@]12O[C@H]1[C@@H]1O[C@]13[C@]1(O[C@H]1C[C@H]1C4=C(CC[C@@]13C)C(=O)OC4)[C@@H]2O. The van der Waals surface area contributed by atoms with Gasteiger partial charge in [0.25, 0.3) is 0 Å². The summed E-state index contributed by atoms with van der Waals surface area (Å²) in [5.41, 5.74) is 0.240. The second-order valence-electron chi connectivity index (χ2n) is 10.1. The van der Waals surface area contributed by atoms with Crippen LogP contribution in [0.15, 0.2) is 11.1 Å². The zero-order valence-electron chi connectivity index (χ0n) is 16.0. The van der Waals surface area contributed by atoms with Crippen molar-refractivity contribution in [2.75, 3.05) is 6.61 Å². The topological polar surface area (TPSA) is 84.1 Å². The maximum atomic E-state index is 12.1. The molecule has 2 saturated carbocycles. The molecule has 3 aliphatic carbocycles. The molecule has 0 aromatic carbocycles. The van der Waals surface area contributed by atoms with Gasteiger partial charge in [-0.15, -0.1) is 0 Å². The van der Waals surface area contributed by atoms with Crippen LogP contribution in [0.3, 0.4) is 0 Å². The number of ether oxygens (including phenoxy) is 4. The van der Waals surface area contributed by atoms with Gasteiger partial charge in [-0.25, -0.2) is 4.79 Å².